The molecule has 2 aromatic carbocycles. The maximum absolute atomic E-state index is 13.4. The van der Waals surface area contributed by atoms with Gasteiger partial charge in [-0.15, -0.1) is 0 Å². The van der Waals surface area contributed by atoms with Crippen LogP contribution in [0.2, 0.25) is 0 Å². The quantitative estimate of drug-likeness (QED) is 0.485. The zero-order valence-electron chi connectivity index (χ0n) is 18.3. The molecule has 168 valence electrons. The fourth-order valence-electron chi connectivity index (χ4n) is 3.19. The minimum absolute atomic E-state index is 0.0435. The van der Waals surface area contributed by atoms with Crippen LogP contribution in [0, 0.1) is 0 Å². The highest BCUT2D eigenvalue weighted by atomic mass is 16.6. The molecule has 3 rings (SSSR count). The molecule has 0 bridgehead atoms. The van der Waals surface area contributed by atoms with Crippen LogP contribution in [0.25, 0.3) is 22.1 Å². The molecule has 0 aliphatic rings. The number of hydrogen-bond donors (Lipinski definition) is 0. The van der Waals surface area contributed by atoms with Crippen molar-refractivity contribution < 1.29 is 33.0 Å². The first-order valence-electron chi connectivity index (χ1n) is 10.2. The van der Waals surface area contributed by atoms with Crippen LogP contribution in [-0.2, 0) is 14.3 Å². The second-order valence-electron chi connectivity index (χ2n) is 6.73. The van der Waals surface area contributed by atoms with Crippen LogP contribution in [0.1, 0.15) is 31.3 Å². The van der Waals surface area contributed by atoms with Crippen LogP contribution in [0.5, 0.6) is 11.5 Å². The third-order valence-corrected chi connectivity index (χ3v) is 4.63. The molecule has 0 saturated carbocycles. The summed E-state index contributed by atoms with van der Waals surface area (Å²) in [7, 11) is 1.47. The minimum Gasteiger partial charge on any atom is -0.496 e. The molecule has 0 amide bonds. The van der Waals surface area contributed by atoms with Gasteiger partial charge in [0.1, 0.15) is 17.1 Å². The Bertz CT molecular complexity index is 1190. The average molecular weight is 440 g/mol. The van der Waals surface area contributed by atoms with Crippen LogP contribution in [0.15, 0.2) is 51.7 Å². The van der Waals surface area contributed by atoms with E-state index in [4.69, 9.17) is 23.4 Å². The normalized spacial score (nSPS) is 11.6. The molecule has 0 saturated heterocycles. The van der Waals surface area contributed by atoms with Gasteiger partial charge < -0.3 is 23.4 Å². The van der Waals surface area contributed by atoms with Crippen molar-refractivity contribution in [2.75, 3.05) is 20.3 Å². The summed E-state index contributed by atoms with van der Waals surface area (Å²) in [5, 5.41) is 0.232. The molecular formula is C24H24O8. The first-order valence-corrected chi connectivity index (χ1v) is 10.2. The van der Waals surface area contributed by atoms with Crippen molar-refractivity contribution in [3.63, 3.8) is 0 Å². The lowest BCUT2D eigenvalue weighted by atomic mass is 10.0. The van der Waals surface area contributed by atoms with E-state index in [0.29, 0.717) is 11.3 Å². The van der Waals surface area contributed by atoms with Gasteiger partial charge in [0.05, 0.1) is 31.3 Å². The molecule has 0 aliphatic carbocycles. The number of benzene rings is 2. The van der Waals surface area contributed by atoms with Gasteiger partial charge in [0, 0.05) is 11.6 Å². The second-order valence-corrected chi connectivity index (χ2v) is 6.73. The number of esters is 2. The number of methoxy groups -OCH3 is 1. The van der Waals surface area contributed by atoms with Crippen molar-refractivity contribution in [1.82, 2.24) is 0 Å². The van der Waals surface area contributed by atoms with E-state index in [2.05, 4.69) is 0 Å². The second kappa shape index (κ2) is 10.00. The predicted octanol–water partition coefficient (Wildman–Crippen LogP) is 3.98. The molecule has 8 heteroatoms. The first kappa shape index (κ1) is 22.9. The number of para-hydroxylation sites is 1. The Balaban J connectivity index is 2.17. The number of carbonyl (C=O) groups is 2. The van der Waals surface area contributed by atoms with E-state index in [1.54, 1.807) is 51.1 Å². The Morgan fingerprint density at radius 1 is 1.03 bits per heavy atom. The molecule has 3 aromatic rings. The van der Waals surface area contributed by atoms with E-state index in [-0.39, 0.29) is 41.3 Å². The van der Waals surface area contributed by atoms with Crippen LogP contribution in [0.3, 0.4) is 0 Å². The van der Waals surface area contributed by atoms with E-state index < -0.39 is 23.5 Å². The SMILES string of the molecule is CCOC(=O)c1oc2cc(OC(C)C(=O)OCC)ccc2c(=O)c1-c1ccccc1OC. The molecular weight excluding hydrogens is 416 g/mol. The van der Waals surface area contributed by atoms with Crippen molar-refractivity contribution in [2.45, 2.75) is 26.9 Å². The summed E-state index contributed by atoms with van der Waals surface area (Å²) in [4.78, 5) is 37.9. The smallest absolute Gasteiger partial charge is 0.375 e. The molecule has 8 nitrogen and oxygen atoms in total. The summed E-state index contributed by atoms with van der Waals surface area (Å²) < 4.78 is 26.9. The third kappa shape index (κ3) is 4.59. The van der Waals surface area contributed by atoms with Crippen molar-refractivity contribution in [2.24, 2.45) is 0 Å². The summed E-state index contributed by atoms with van der Waals surface area (Å²) in [6.07, 6.45) is -0.864. The van der Waals surface area contributed by atoms with Crippen molar-refractivity contribution >= 4 is 22.9 Å². The molecule has 1 atom stereocenters. The number of fused-ring (bicyclic) bond motifs is 1. The van der Waals surface area contributed by atoms with Gasteiger partial charge in [0.15, 0.2) is 6.10 Å². The Morgan fingerprint density at radius 3 is 2.44 bits per heavy atom. The van der Waals surface area contributed by atoms with Crippen LogP contribution >= 0.6 is 0 Å². The summed E-state index contributed by atoms with van der Waals surface area (Å²) in [6, 6.07) is 11.3. The third-order valence-electron chi connectivity index (χ3n) is 4.63. The molecule has 1 unspecified atom stereocenters. The van der Waals surface area contributed by atoms with Gasteiger partial charge in [0.2, 0.25) is 11.2 Å². The molecule has 0 spiro atoms. The molecule has 1 heterocycles. The predicted molar refractivity (Wildman–Crippen MR) is 117 cm³/mol. The maximum Gasteiger partial charge on any atom is 0.375 e. The highest BCUT2D eigenvalue weighted by Gasteiger charge is 2.25. The van der Waals surface area contributed by atoms with Crippen molar-refractivity contribution in [3.05, 3.63) is 58.4 Å². The molecule has 0 radical (unpaired) electrons. The average Bonchev–Trinajstić information content (AvgIpc) is 2.79. The molecule has 0 aliphatic heterocycles. The number of carbonyl (C=O) groups excluding carboxylic acids is 2. The zero-order valence-corrected chi connectivity index (χ0v) is 18.3. The van der Waals surface area contributed by atoms with Gasteiger partial charge in [-0.1, -0.05) is 18.2 Å². The van der Waals surface area contributed by atoms with Crippen LogP contribution in [0.4, 0.5) is 0 Å². The summed E-state index contributed by atoms with van der Waals surface area (Å²) in [5.41, 5.74) is 0.140. The lowest BCUT2D eigenvalue weighted by Gasteiger charge is -2.15. The van der Waals surface area contributed by atoms with Crippen LogP contribution < -0.4 is 14.9 Å². The van der Waals surface area contributed by atoms with E-state index in [1.807, 2.05) is 0 Å². The fraction of sp³-hybridized carbons (Fsp3) is 0.292. The highest BCUT2D eigenvalue weighted by Crippen LogP contribution is 2.33. The zero-order chi connectivity index (χ0) is 23.3. The number of hydrogen-bond acceptors (Lipinski definition) is 8. The summed E-state index contributed by atoms with van der Waals surface area (Å²) in [6.45, 7) is 5.24. The van der Waals surface area contributed by atoms with E-state index in [9.17, 15) is 14.4 Å². The standard InChI is InChI=1S/C24H24O8/c1-5-29-23(26)14(3)31-15-11-12-17-19(13-15)32-22(24(27)30-6-2)20(21(17)25)16-9-7-8-10-18(16)28-4/h7-14H,5-6H2,1-4H3. The largest absolute Gasteiger partial charge is 0.496 e. The Labute approximate surface area is 184 Å². The number of ether oxygens (including phenoxy) is 4. The van der Waals surface area contributed by atoms with Crippen LogP contribution in [-0.4, -0.2) is 38.4 Å². The Kier molecular flexibility index (Phi) is 7.14. The van der Waals surface area contributed by atoms with Crippen molar-refractivity contribution in [3.8, 4) is 22.6 Å². The maximum atomic E-state index is 13.4. The summed E-state index contributed by atoms with van der Waals surface area (Å²) in [5.74, 6) is -0.857. The highest BCUT2D eigenvalue weighted by molar-refractivity contribution is 5.98. The topological polar surface area (TPSA) is 101 Å². The van der Waals surface area contributed by atoms with E-state index in [1.165, 1.54) is 19.2 Å². The lowest BCUT2D eigenvalue weighted by molar-refractivity contribution is -0.150. The van der Waals surface area contributed by atoms with E-state index in [0.717, 1.165) is 0 Å². The van der Waals surface area contributed by atoms with Gasteiger partial charge in [-0.3, -0.25) is 4.79 Å². The molecule has 0 N–H and O–H groups in total. The number of rotatable bonds is 8. The van der Waals surface area contributed by atoms with Crippen molar-refractivity contribution in [1.29, 1.82) is 0 Å². The molecule has 32 heavy (non-hydrogen) atoms. The van der Waals surface area contributed by atoms with E-state index >= 15 is 0 Å². The van der Waals surface area contributed by atoms with Gasteiger partial charge in [-0.05, 0) is 39.0 Å². The first-order chi connectivity index (χ1) is 15.4. The Hall–Kier alpha value is -3.81. The minimum atomic E-state index is -0.864. The Morgan fingerprint density at radius 2 is 1.75 bits per heavy atom. The molecule has 1 aromatic heterocycles. The van der Waals surface area contributed by atoms with Gasteiger partial charge in [0.25, 0.3) is 0 Å². The monoisotopic (exact) mass is 440 g/mol. The fourth-order valence-corrected chi connectivity index (χ4v) is 3.19. The van der Waals surface area contributed by atoms with Gasteiger partial charge in [-0.2, -0.15) is 0 Å². The van der Waals surface area contributed by atoms with Gasteiger partial charge in [-0.25, -0.2) is 9.59 Å². The van der Waals surface area contributed by atoms with Gasteiger partial charge >= 0.3 is 11.9 Å². The molecule has 0 fully saturated rings. The summed E-state index contributed by atoms with van der Waals surface area (Å²) >= 11 is 0. The lowest BCUT2D eigenvalue weighted by Crippen LogP contribution is -2.26.